The van der Waals surface area contributed by atoms with Crippen LogP contribution in [0.2, 0.25) is 0 Å². The minimum absolute atomic E-state index is 0.0785. The summed E-state index contributed by atoms with van der Waals surface area (Å²) in [7, 11) is 0. The van der Waals surface area contributed by atoms with E-state index in [-0.39, 0.29) is 37.7 Å². The molecule has 2 amide bonds. The molecule has 4 aromatic rings. The van der Waals surface area contributed by atoms with Gasteiger partial charge < -0.3 is 29.4 Å². The first-order valence-electron chi connectivity index (χ1n) is 14.8. The maximum atomic E-state index is 13.1. The van der Waals surface area contributed by atoms with Gasteiger partial charge in [-0.1, -0.05) is 55.5 Å². The van der Waals surface area contributed by atoms with Crippen LogP contribution in [0.3, 0.4) is 0 Å². The number of carbonyl (C=O) groups excluding carboxylic acids is 2. The lowest BCUT2D eigenvalue weighted by molar-refractivity contribution is -0.276. The number of carbonyl (C=O) groups is 2. The summed E-state index contributed by atoms with van der Waals surface area (Å²) >= 11 is 0. The minimum Gasteiger partial charge on any atom is -0.392 e. The molecule has 12 heteroatoms. The lowest BCUT2D eigenvalue weighted by atomic mass is 9.90. The van der Waals surface area contributed by atoms with Crippen molar-refractivity contribution in [1.82, 2.24) is 14.5 Å². The molecule has 45 heavy (non-hydrogen) atoms. The van der Waals surface area contributed by atoms with Gasteiger partial charge in [0.2, 0.25) is 5.91 Å². The van der Waals surface area contributed by atoms with Crippen LogP contribution in [0, 0.1) is 5.92 Å². The van der Waals surface area contributed by atoms with E-state index in [1.807, 2.05) is 53.1 Å². The number of imidazole rings is 1. The fourth-order valence-corrected chi connectivity index (χ4v) is 6.11. The van der Waals surface area contributed by atoms with Gasteiger partial charge in [-0.15, -0.1) is 0 Å². The van der Waals surface area contributed by atoms with Gasteiger partial charge in [-0.2, -0.15) is 13.2 Å². The average Bonchev–Trinajstić information content (AvgIpc) is 3.69. The number of nitrogens with one attached hydrogen (secondary N) is 1. The number of hydrogen-bond acceptors (Lipinski definition) is 6. The van der Waals surface area contributed by atoms with Crippen molar-refractivity contribution in [2.75, 3.05) is 11.9 Å². The topological polar surface area (TPSA) is 106 Å². The smallest absolute Gasteiger partial charge is 0.392 e. The third-order valence-electron chi connectivity index (χ3n) is 8.51. The van der Waals surface area contributed by atoms with Gasteiger partial charge in [0.25, 0.3) is 0 Å². The number of aliphatic hydroxyl groups is 1. The molecule has 0 radical (unpaired) electrons. The van der Waals surface area contributed by atoms with Crippen LogP contribution in [0.1, 0.15) is 48.8 Å². The highest BCUT2D eigenvalue weighted by atomic mass is 19.4. The van der Waals surface area contributed by atoms with Crippen molar-refractivity contribution in [2.24, 2.45) is 5.92 Å². The van der Waals surface area contributed by atoms with Crippen LogP contribution < -0.4 is 5.32 Å². The third-order valence-corrected chi connectivity index (χ3v) is 8.51. The average molecular weight is 623 g/mol. The van der Waals surface area contributed by atoms with Crippen molar-refractivity contribution in [3.8, 4) is 0 Å². The number of para-hydroxylation sites is 2. The molecule has 2 aliphatic rings. The van der Waals surface area contributed by atoms with Crippen molar-refractivity contribution in [3.05, 3.63) is 95.8 Å². The van der Waals surface area contributed by atoms with Crippen LogP contribution in [-0.2, 0) is 32.2 Å². The molecule has 0 unspecified atom stereocenters. The van der Waals surface area contributed by atoms with Gasteiger partial charge in [-0.05, 0) is 48.2 Å². The maximum Gasteiger partial charge on any atom is 0.471 e. The van der Waals surface area contributed by atoms with Gasteiger partial charge in [-0.3, -0.25) is 9.59 Å². The number of alkyl halides is 3. The summed E-state index contributed by atoms with van der Waals surface area (Å²) < 4.78 is 54.4. The molecule has 2 aliphatic heterocycles. The second kappa shape index (κ2) is 12.6. The lowest BCUT2D eigenvalue weighted by Gasteiger charge is -2.41. The zero-order chi connectivity index (χ0) is 31.7. The van der Waals surface area contributed by atoms with E-state index in [4.69, 9.17) is 9.47 Å². The Labute approximate surface area is 257 Å². The number of ether oxygens (including phenoxy) is 2. The van der Waals surface area contributed by atoms with Crippen LogP contribution >= 0.6 is 0 Å². The van der Waals surface area contributed by atoms with Gasteiger partial charge in [-0.25, -0.2) is 4.98 Å². The van der Waals surface area contributed by atoms with Gasteiger partial charge >= 0.3 is 12.1 Å². The number of hydrogen-bond donors (Lipinski definition) is 2. The number of fused-ring (bicyclic) bond motifs is 1. The van der Waals surface area contributed by atoms with E-state index < -0.39 is 30.3 Å². The molecule has 1 aromatic heterocycles. The molecule has 2 fully saturated rings. The second-order valence-corrected chi connectivity index (χ2v) is 11.5. The van der Waals surface area contributed by atoms with Crippen LogP contribution in [0.5, 0.6) is 0 Å². The zero-order valence-electron chi connectivity index (χ0n) is 24.5. The number of halogens is 3. The quantitative estimate of drug-likeness (QED) is 0.282. The number of rotatable bonds is 7. The fraction of sp³-hybridized carbons (Fsp3) is 0.364. The molecule has 9 nitrogen and oxygen atoms in total. The van der Waals surface area contributed by atoms with Crippen LogP contribution in [0.15, 0.2) is 79.1 Å². The Bertz CT molecular complexity index is 1670. The Balaban J connectivity index is 1.25. The Hall–Kier alpha value is -4.26. The number of benzene rings is 3. The van der Waals surface area contributed by atoms with Crippen molar-refractivity contribution in [2.45, 2.75) is 63.6 Å². The van der Waals surface area contributed by atoms with E-state index in [9.17, 15) is 27.9 Å². The summed E-state index contributed by atoms with van der Waals surface area (Å²) in [6.07, 6.45) is -4.36. The molecular formula is C33H33F3N4O5. The molecular weight excluding hydrogens is 589 g/mol. The predicted octanol–water partition coefficient (Wildman–Crippen LogP) is 5.51. The Morgan fingerprint density at radius 1 is 1.02 bits per heavy atom. The summed E-state index contributed by atoms with van der Waals surface area (Å²) in [4.78, 5) is 30.0. The lowest BCUT2D eigenvalue weighted by Crippen LogP contribution is -2.48. The number of aliphatic hydroxyl groups excluding tert-OH is 1. The Kier molecular flexibility index (Phi) is 8.63. The summed E-state index contributed by atoms with van der Waals surface area (Å²) in [5, 5.41) is 12.2. The SMILES string of the molecule is C[C@@H]1[C@H](Cn2cnc3ccccc32)O[C@H](c2cccc(NC(=O)[C@@H]3CCCN3C(=O)C(F)(F)F)c2)O[C@@H]1c1ccc(CO)cc1. The monoisotopic (exact) mass is 622 g/mol. The van der Waals surface area contributed by atoms with E-state index in [0.717, 1.165) is 22.2 Å². The first-order chi connectivity index (χ1) is 21.6. The van der Waals surface area contributed by atoms with Crippen molar-refractivity contribution in [3.63, 3.8) is 0 Å². The number of anilines is 1. The minimum atomic E-state index is -5.05. The number of nitrogens with zero attached hydrogens (tertiary/aromatic N) is 3. The largest absolute Gasteiger partial charge is 0.471 e. The van der Waals surface area contributed by atoms with E-state index in [1.165, 1.54) is 0 Å². The Morgan fingerprint density at radius 3 is 2.56 bits per heavy atom. The molecule has 3 aromatic carbocycles. The van der Waals surface area contributed by atoms with Crippen molar-refractivity contribution in [1.29, 1.82) is 0 Å². The van der Waals surface area contributed by atoms with Gasteiger partial charge in [0, 0.05) is 23.7 Å². The normalized spacial score (nSPS) is 23.8. The highest BCUT2D eigenvalue weighted by Crippen LogP contribution is 2.42. The van der Waals surface area contributed by atoms with Crippen LogP contribution in [0.4, 0.5) is 18.9 Å². The fourth-order valence-electron chi connectivity index (χ4n) is 6.11. The molecule has 2 N–H and O–H groups in total. The molecule has 236 valence electrons. The van der Waals surface area contributed by atoms with E-state index in [2.05, 4.69) is 17.2 Å². The van der Waals surface area contributed by atoms with Gasteiger partial charge in [0.15, 0.2) is 6.29 Å². The number of amides is 2. The summed E-state index contributed by atoms with van der Waals surface area (Å²) in [5.41, 5.74) is 4.47. The van der Waals surface area contributed by atoms with Gasteiger partial charge in [0.1, 0.15) is 6.04 Å². The third kappa shape index (κ3) is 6.44. The number of likely N-dealkylation sites (tertiary alicyclic amines) is 1. The predicted molar refractivity (Wildman–Crippen MR) is 159 cm³/mol. The number of aromatic nitrogens is 2. The first kappa shape index (κ1) is 30.8. The molecule has 0 spiro atoms. The van der Waals surface area contributed by atoms with Crippen molar-refractivity contribution >= 4 is 28.5 Å². The summed E-state index contributed by atoms with van der Waals surface area (Å²) in [6, 6.07) is 20.9. The maximum absolute atomic E-state index is 13.1. The van der Waals surface area contributed by atoms with E-state index >= 15 is 0 Å². The van der Waals surface area contributed by atoms with E-state index in [1.54, 1.807) is 30.6 Å². The standard InChI is InChI=1S/C33H33F3N4O5/c1-20-28(17-39-19-37-25-8-2-3-9-26(25)39)44-31(45-29(20)22-13-11-21(18-41)12-14-22)23-6-4-7-24(16-23)38-30(42)27-10-5-15-40(27)32(43)33(34,35)36/h2-4,6-9,11-14,16,19-20,27-29,31,41H,5,10,15,17-18H2,1H3,(H,38,42)/t20-,27+,28+,29+,31+/m1/s1. The second-order valence-electron chi connectivity index (χ2n) is 11.5. The molecule has 2 saturated heterocycles. The zero-order valence-corrected chi connectivity index (χ0v) is 24.5. The van der Waals surface area contributed by atoms with Gasteiger partial charge in [0.05, 0.1) is 42.7 Å². The highest BCUT2D eigenvalue weighted by Gasteiger charge is 2.47. The molecule has 0 aliphatic carbocycles. The first-order valence-corrected chi connectivity index (χ1v) is 14.8. The molecule has 5 atom stereocenters. The molecule has 0 bridgehead atoms. The van der Waals surface area contributed by atoms with Crippen LogP contribution in [-0.4, -0.2) is 56.2 Å². The Morgan fingerprint density at radius 2 is 1.80 bits per heavy atom. The van der Waals surface area contributed by atoms with E-state index in [0.29, 0.717) is 29.1 Å². The van der Waals surface area contributed by atoms with Crippen molar-refractivity contribution < 1.29 is 37.3 Å². The molecule has 3 heterocycles. The van der Waals surface area contributed by atoms with Crippen LogP contribution in [0.25, 0.3) is 11.0 Å². The summed E-state index contributed by atoms with van der Waals surface area (Å²) in [5.74, 6) is -2.79. The highest BCUT2D eigenvalue weighted by molar-refractivity contribution is 5.98. The molecule has 0 saturated carbocycles. The summed E-state index contributed by atoms with van der Waals surface area (Å²) in [6.45, 7) is 2.34. The molecule has 6 rings (SSSR count).